The lowest BCUT2D eigenvalue weighted by Gasteiger charge is -2.23. The lowest BCUT2D eigenvalue weighted by molar-refractivity contribution is -0.143. The molecule has 0 bridgehead atoms. The van der Waals surface area contributed by atoms with Crippen molar-refractivity contribution >= 4 is 12.1 Å². The third kappa shape index (κ3) is 7.76. The van der Waals surface area contributed by atoms with Crippen LogP contribution in [-0.4, -0.2) is 31.4 Å². The molecule has 6 nitrogen and oxygen atoms in total. The Kier molecular flexibility index (Phi) is 6.64. The molecule has 26 heavy (non-hydrogen) atoms. The van der Waals surface area contributed by atoms with Crippen LogP contribution < -0.4 is 10.1 Å². The number of benzene rings is 1. The predicted octanol–water partition coefficient (Wildman–Crippen LogP) is 4.24. The first-order valence-electron chi connectivity index (χ1n) is 10.2. The highest BCUT2D eigenvalue weighted by Crippen LogP contribution is 2.21. The number of esters is 1. The van der Waals surface area contributed by atoms with Gasteiger partial charge in [-0.15, -0.1) is 0 Å². The minimum atomic E-state index is -2.08. The van der Waals surface area contributed by atoms with Crippen molar-refractivity contribution in [3.8, 4) is 5.75 Å². The van der Waals surface area contributed by atoms with Crippen molar-refractivity contribution in [1.82, 2.24) is 5.32 Å². The van der Waals surface area contributed by atoms with Crippen LogP contribution in [0.5, 0.6) is 5.75 Å². The second kappa shape index (κ2) is 10.0. The maximum atomic E-state index is 12.1. The maximum Gasteiger partial charge on any atom is 0.408 e. The summed E-state index contributed by atoms with van der Waals surface area (Å²) in [5, 5.41) is 2.50. The fraction of sp³-hybridized carbons (Fsp3) is 0.600. The van der Waals surface area contributed by atoms with Crippen LogP contribution in [0.2, 0.25) is 0 Å². The molecule has 0 aromatic heterocycles. The van der Waals surface area contributed by atoms with E-state index in [1.807, 2.05) is 6.92 Å². The first-order valence-corrected chi connectivity index (χ1v) is 8.67. The molecule has 6 heteroatoms. The Bertz CT molecular complexity index is 668. The highest BCUT2D eigenvalue weighted by atomic mass is 16.6. The normalized spacial score (nSPS) is 15.7. The summed E-state index contributed by atoms with van der Waals surface area (Å²) < 4.78 is 38.4. The Labute approximate surface area is 160 Å². The van der Waals surface area contributed by atoms with Gasteiger partial charge in [0.15, 0.2) is 6.04 Å². The SMILES string of the molecule is [2H]C([2H])([2H])[C@H](CCC)COc1ccc([C@@H](NC(=O)OC(C)(C)C)C(=O)OC)cc1. The molecule has 0 fully saturated rings. The molecule has 0 unspecified atom stereocenters. The molecule has 0 heterocycles. The standard InChI is InChI=1S/C20H31NO5/c1-7-8-14(2)13-25-16-11-9-15(10-12-16)17(18(22)24-6)21-19(23)26-20(3,4)5/h9-12,14,17H,7-8,13H2,1-6H3,(H,21,23)/t14-,17-/m1/s1/i2D3. The molecule has 1 rings (SSSR count). The first kappa shape index (κ1) is 17.2. The summed E-state index contributed by atoms with van der Waals surface area (Å²) in [7, 11) is 1.23. The van der Waals surface area contributed by atoms with Crippen LogP contribution in [0, 0.1) is 5.92 Å². The number of rotatable bonds is 8. The number of amides is 1. The summed E-state index contributed by atoms with van der Waals surface area (Å²) in [6.45, 7) is 5.08. The van der Waals surface area contributed by atoms with Gasteiger partial charge in [-0.25, -0.2) is 9.59 Å². The number of alkyl carbamates (subject to hydrolysis) is 1. The van der Waals surface area contributed by atoms with Crippen LogP contribution in [0.15, 0.2) is 24.3 Å². The number of hydrogen-bond donors (Lipinski definition) is 1. The minimum absolute atomic E-state index is 0.0697. The Morgan fingerprint density at radius 1 is 1.23 bits per heavy atom. The smallest absolute Gasteiger partial charge is 0.408 e. The Hall–Kier alpha value is -2.24. The number of nitrogens with one attached hydrogen (secondary N) is 1. The molecule has 0 spiro atoms. The van der Waals surface area contributed by atoms with Gasteiger partial charge in [0.1, 0.15) is 11.4 Å². The molecule has 0 aliphatic rings. The van der Waals surface area contributed by atoms with Crippen molar-refractivity contribution in [2.45, 2.75) is 59.0 Å². The maximum absolute atomic E-state index is 12.1. The van der Waals surface area contributed by atoms with Gasteiger partial charge in [0.05, 0.1) is 13.7 Å². The molecule has 1 N–H and O–H groups in total. The predicted molar refractivity (Wildman–Crippen MR) is 100 cm³/mol. The van der Waals surface area contributed by atoms with Gasteiger partial charge in [-0.3, -0.25) is 0 Å². The first-order chi connectivity index (χ1) is 13.4. The molecule has 0 saturated heterocycles. The van der Waals surface area contributed by atoms with Crippen LogP contribution >= 0.6 is 0 Å². The zero-order valence-electron chi connectivity index (χ0n) is 19.1. The molecule has 1 aromatic carbocycles. The highest BCUT2D eigenvalue weighted by Gasteiger charge is 2.26. The summed E-state index contributed by atoms with van der Waals surface area (Å²) >= 11 is 0. The lowest BCUT2D eigenvalue weighted by Crippen LogP contribution is -2.38. The lowest BCUT2D eigenvalue weighted by atomic mass is 10.1. The zero-order valence-corrected chi connectivity index (χ0v) is 16.1. The van der Waals surface area contributed by atoms with Crippen molar-refractivity contribution < 1.29 is 27.9 Å². The van der Waals surface area contributed by atoms with Crippen LogP contribution in [0.1, 0.15) is 63.1 Å². The summed E-state index contributed by atoms with van der Waals surface area (Å²) in [6, 6.07) is 5.41. The van der Waals surface area contributed by atoms with Crippen LogP contribution in [-0.2, 0) is 14.3 Å². The number of carbonyl (C=O) groups excluding carboxylic acids is 2. The van der Waals surface area contributed by atoms with Crippen LogP contribution in [0.3, 0.4) is 0 Å². The van der Waals surface area contributed by atoms with E-state index in [4.69, 9.17) is 18.3 Å². The van der Waals surface area contributed by atoms with Crippen molar-refractivity contribution in [3.63, 3.8) is 0 Å². The van der Waals surface area contributed by atoms with E-state index in [1.165, 1.54) is 7.11 Å². The molecule has 0 radical (unpaired) electrons. The van der Waals surface area contributed by atoms with E-state index in [1.54, 1.807) is 45.0 Å². The van der Waals surface area contributed by atoms with E-state index in [0.29, 0.717) is 17.7 Å². The number of methoxy groups -OCH3 is 1. The van der Waals surface area contributed by atoms with Gasteiger partial charge in [0.2, 0.25) is 0 Å². The fourth-order valence-corrected chi connectivity index (χ4v) is 2.21. The summed E-state index contributed by atoms with van der Waals surface area (Å²) in [4.78, 5) is 24.2. The monoisotopic (exact) mass is 368 g/mol. The van der Waals surface area contributed by atoms with E-state index in [2.05, 4.69) is 5.32 Å². The van der Waals surface area contributed by atoms with Crippen molar-refractivity contribution in [2.24, 2.45) is 5.92 Å². The zero-order chi connectivity index (χ0) is 22.2. The average molecular weight is 368 g/mol. The van der Waals surface area contributed by atoms with Gasteiger partial charge < -0.3 is 19.5 Å². The minimum Gasteiger partial charge on any atom is -0.493 e. The summed E-state index contributed by atoms with van der Waals surface area (Å²) in [5.41, 5.74) is -0.226. The second-order valence-corrected chi connectivity index (χ2v) is 6.97. The molecular weight excluding hydrogens is 334 g/mol. The topological polar surface area (TPSA) is 73.9 Å². The average Bonchev–Trinajstić information content (AvgIpc) is 2.60. The highest BCUT2D eigenvalue weighted by molar-refractivity contribution is 5.82. The summed E-state index contributed by atoms with van der Waals surface area (Å²) in [6.07, 6.45) is 0.551. The number of hydrogen-bond acceptors (Lipinski definition) is 5. The molecular formula is C20H31NO5. The Balaban J connectivity index is 2.86. The van der Waals surface area contributed by atoms with Crippen molar-refractivity contribution in [1.29, 1.82) is 0 Å². The number of carbonyl (C=O) groups is 2. The van der Waals surface area contributed by atoms with E-state index >= 15 is 0 Å². The third-order valence-corrected chi connectivity index (χ3v) is 3.40. The number of ether oxygens (including phenoxy) is 3. The summed E-state index contributed by atoms with van der Waals surface area (Å²) in [5.74, 6) is -0.723. The molecule has 0 aliphatic heterocycles. The Morgan fingerprint density at radius 3 is 2.38 bits per heavy atom. The molecule has 1 amide bonds. The van der Waals surface area contributed by atoms with E-state index < -0.39 is 36.5 Å². The second-order valence-electron chi connectivity index (χ2n) is 6.97. The van der Waals surface area contributed by atoms with Gasteiger partial charge in [-0.2, -0.15) is 0 Å². The van der Waals surface area contributed by atoms with Gasteiger partial charge in [0, 0.05) is 4.11 Å². The quantitative estimate of drug-likeness (QED) is 0.695. The van der Waals surface area contributed by atoms with Gasteiger partial charge in [0.25, 0.3) is 0 Å². The van der Waals surface area contributed by atoms with Crippen molar-refractivity contribution in [2.75, 3.05) is 13.7 Å². The van der Waals surface area contributed by atoms with E-state index in [9.17, 15) is 9.59 Å². The van der Waals surface area contributed by atoms with Gasteiger partial charge >= 0.3 is 12.1 Å². The fourth-order valence-electron chi connectivity index (χ4n) is 2.21. The van der Waals surface area contributed by atoms with Crippen LogP contribution in [0.4, 0.5) is 4.79 Å². The Morgan fingerprint density at radius 2 is 1.88 bits per heavy atom. The molecule has 1 aromatic rings. The molecule has 0 saturated carbocycles. The largest absolute Gasteiger partial charge is 0.493 e. The molecule has 146 valence electrons. The molecule has 2 atom stereocenters. The molecule has 0 aliphatic carbocycles. The van der Waals surface area contributed by atoms with E-state index in [0.717, 1.165) is 6.42 Å². The van der Waals surface area contributed by atoms with Crippen molar-refractivity contribution in [3.05, 3.63) is 29.8 Å². The van der Waals surface area contributed by atoms with E-state index in [-0.39, 0.29) is 6.61 Å². The van der Waals surface area contributed by atoms with Gasteiger partial charge in [-0.05, 0) is 50.8 Å². The third-order valence-electron chi connectivity index (χ3n) is 3.40. The van der Waals surface area contributed by atoms with Gasteiger partial charge in [-0.1, -0.05) is 32.3 Å². The van der Waals surface area contributed by atoms with Crippen LogP contribution in [0.25, 0.3) is 0 Å².